The molecule has 0 radical (unpaired) electrons. The molecule has 1 unspecified atom stereocenters. The first-order valence-electron chi connectivity index (χ1n) is 11.8. The molecule has 2 atom stereocenters. The minimum absolute atomic E-state index is 0.134. The minimum Gasteiger partial charge on any atom is -0.459 e. The van der Waals surface area contributed by atoms with Crippen molar-refractivity contribution in [2.24, 2.45) is 0 Å². The van der Waals surface area contributed by atoms with Crippen molar-refractivity contribution >= 4 is 17.8 Å². The number of esters is 2. The number of benzene rings is 3. The number of carbonyl (C=O) groups is 3. The summed E-state index contributed by atoms with van der Waals surface area (Å²) in [7, 11) is 0. The summed E-state index contributed by atoms with van der Waals surface area (Å²) in [5.41, 5.74) is -2.38. The van der Waals surface area contributed by atoms with Crippen LogP contribution in [0.15, 0.2) is 91.0 Å². The van der Waals surface area contributed by atoms with Gasteiger partial charge in [0.2, 0.25) is 5.91 Å². The van der Waals surface area contributed by atoms with E-state index in [4.69, 9.17) is 9.47 Å². The molecule has 3 aromatic carbocycles. The van der Waals surface area contributed by atoms with E-state index in [2.05, 4.69) is 0 Å². The van der Waals surface area contributed by atoms with Crippen molar-refractivity contribution in [1.82, 2.24) is 4.90 Å². The van der Waals surface area contributed by atoms with Gasteiger partial charge in [0.1, 0.15) is 18.8 Å². The molecule has 1 amide bonds. The zero-order chi connectivity index (χ0) is 25.8. The summed E-state index contributed by atoms with van der Waals surface area (Å²) < 4.78 is 11.2. The van der Waals surface area contributed by atoms with Crippen molar-refractivity contribution < 1.29 is 29.0 Å². The van der Waals surface area contributed by atoms with Gasteiger partial charge in [-0.2, -0.15) is 0 Å². The molecule has 1 aliphatic heterocycles. The first-order chi connectivity index (χ1) is 17.3. The van der Waals surface area contributed by atoms with Crippen molar-refractivity contribution in [2.45, 2.75) is 50.7 Å². The largest absolute Gasteiger partial charge is 0.459 e. The molecule has 0 aliphatic carbocycles. The fraction of sp³-hybridized carbons (Fsp3) is 0.276. The number of amides is 1. The highest BCUT2D eigenvalue weighted by atomic mass is 16.6. The van der Waals surface area contributed by atoms with Crippen LogP contribution < -0.4 is 0 Å². The van der Waals surface area contributed by atoms with E-state index >= 15 is 0 Å². The van der Waals surface area contributed by atoms with Crippen LogP contribution in [0.25, 0.3) is 0 Å². The van der Waals surface area contributed by atoms with Gasteiger partial charge in [-0.1, -0.05) is 91.0 Å². The van der Waals surface area contributed by atoms with E-state index in [1.54, 1.807) is 79.7 Å². The van der Waals surface area contributed by atoms with Crippen LogP contribution in [0.5, 0.6) is 0 Å². The Morgan fingerprint density at radius 2 is 1.25 bits per heavy atom. The third-order valence-corrected chi connectivity index (χ3v) is 6.59. The van der Waals surface area contributed by atoms with E-state index in [0.29, 0.717) is 16.7 Å². The predicted molar refractivity (Wildman–Crippen MR) is 132 cm³/mol. The van der Waals surface area contributed by atoms with E-state index in [1.165, 1.54) is 6.92 Å². The Morgan fingerprint density at radius 1 is 0.833 bits per heavy atom. The SMILES string of the molecule is C[C@H](c1ccccc1)N1C(=O)CC(C)(O)C1(C(=O)OCc1ccccc1)C(=O)OCc1ccccc1. The van der Waals surface area contributed by atoms with Gasteiger partial charge >= 0.3 is 11.9 Å². The Morgan fingerprint density at radius 3 is 1.69 bits per heavy atom. The van der Waals surface area contributed by atoms with Crippen LogP contribution in [-0.4, -0.2) is 39.0 Å². The van der Waals surface area contributed by atoms with Crippen molar-refractivity contribution in [3.05, 3.63) is 108 Å². The molecule has 0 spiro atoms. The lowest BCUT2D eigenvalue weighted by Gasteiger charge is -2.42. The highest BCUT2D eigenvalue weighted by molar-refractivity contribution is 6.12. The monoisotopic (exact) mass is 487 g/mol. The second kappa shape index (κ2) is 10.3. The first-order valence-corrected chi connectivity index (χ1v) is 11.8. The third kappa shape index (κ3) is 4.62. The normalized spacial score (nSPS) is 19.5. The topological polar surface area (TPSA) is 93.1 Å². The highest BCUT2D eigenvalue weighted by Gasteiger charge is 2.72. The van der Waals surface area contributed by atoms with Crippen LogP contribution in [0.3, 0.4) is 0 Å². The average Bonchev–Trinajstić information content (AvgIpc) is 3.12. The van der Waals surface area contributed by atoms with E-state index in [0.717, 1.165) is 4.90 Å². The molecule has 1 saturated heterocycles. The number of hydrogen-bond donors (Lipinski definition) is 1. The second-order valence-corrected chi connectivity index (χ2v) is 9.13. The maximum Gasteiger partial charge on any atom is 0.347 e. The number of aliphatic hydroxyl groups is 1. The Labute approximate surface area is 210 Å². The maximum absolute atomic E-state index is 13.8. The van der Waals surface area contributed by atoms with Crippen LogP contribution in [-0.2, 0) is 37.1 Å². The fourth-order valence-electron chi connectivity index (χ4n) is 4.72. The standard InChI is InChI=1S/C29H29NO6/c1-21(24-16-10-5-11-17-24)30-25(31)18-28(2,34)29(30,26(32)35-19-22-12-6-3-7-13-22)27(33)36-20-23-14-8-4-9-15-23/h3-17,21,34H,18-20H2,1-2H3/t21-,28?/m1/s1. The van der Waals surface area contributed by atoms with Crippen LogP contribution in [0.2, 0.25) is 0 Å². The quantitative estimate of drug-likeness (QED) is 0.382. The molecule has 0 bridgehead atoms. The van der Waals surface area contributed by atoms with E-state index in [9.17, 15) is 19.5 Å². The van der Waals surface area contributed by atoms with E-state index < -0.39 is 41.4 Å². The Hall–Kier alpha value is -3.97. The molecule has 1 N–H and O–H groups in total. The predicted octanol–water partition coefficient (Wildman–Crippen LogP) is 3.96. The molecular weight excluding hydrogens is 458 g/mol. The van der Waals surface area contributed by atoms with Gasteiger partial charge in [0.05, 0.1) is 12.5 Å². The molecular formula is C29H29NO6. The molecule has 0 aromatic heterocycles. The second-order valence-electron chi connectivity index (χ2n) is 9.13. The lowest BCUT2D eigenvalue weighted by Crippen LogP contribution is -2.68. The van der Waals surface area contributed by atoms with Crippen molar-refractivity contribution in [2.75, 3.05) is 0 Å². The van der Waals surface area contributed by atoms with Gasteiger partial charge in [0.15, 0.2) is 0 Å². The highest BCUT2D eigenvalue weighted by Crippen LogP contribution is 2.46. The Balaban J connectivity index is 1.75. The fourth-order valence-corrected chi connectivity index (χ4v) is 4.72. The number of ether oxygens (including phenoxy) is 2. The van der Waals surface area contributed by atoms with Gasteiger partial charge in [-0.15, -0.1) is 0 Å². The van der Waals surface area contributed by atoms with Crippen LogP contribution in [0, 0.1) is 0 Å². The first kappa shape index (κ1) is 25.1. The summed E-state index contributed by atoms with van der Waals surface area (Å²) in [5, 5.41) is 11.5. The number of rotatable bonds is 8. The maximum atomic E-state index is 13.8. The summed E-state index contributed by atoms with van der Waals surface area (Å²) in [4.78, 5) is 42.1. The lowest BCUT2D eigenvalue weighted by atomic mass is 9.80. The molecule has 1 fully saturated rings. The van der Waals surface area contributed by atoms with Crippen LogP contribution in [0.4, 0.5) is 0 Å². The summed E-state index contributed by atoms with van der Waals surface area (Å²) >= 11 is 0. The summed E-state index contributed by atoms with van der Waals surface area (Å²) in [6.07, 6.45) is -0.439. The molecule has 4 rings (SSSR count). The van der Waals surface area contributed by atoms with Gasteiger partial charge < -0.3 is 19.5 Å². The van der Waals surface area contributed by atoms with E-state index in [-0.39, 0.29) is 13.2 Å². The number of likely N-dealkylation sites (tertiary alicyclic amines) is 1. The van der Waals surface area contributed by atoms with Gasteiger partial charge in [-0.25, -0.2) is 9.59 Å². The van der Waals surface area contributed by atoms with Crippen molar-refractivity contribution in [1.29, 1.82) is 0 Å². The summed E-state index contributed by atoms with van der Waals surface area (Å²) in [6, 6.07) is 26.2. The van der Waals surface area contributed by atoms with Crippen molar-refractivity contribution in [3.63, 3.8) is 0 Å². The molecule has 1 heterocycles. The Kier molecular flexibility index (Phi) is 7.22. The number of nitrogens with zero attached hydrogens (tertiary/aromatic N) is 1. The van der Waals surface area contributed by atoms with Crippen molar-refractivity contribution in [3.8, 4) is 0 Å². The lowest BCUT2D eigenvalue weighted by molar-refractivity contribution is -0.192. The Bertz CT molecular complexity index is 1150. The van der Waals surface area contributed by atoms with Crippen LogP contribution >= 0.6 is 0 Å². The molecule has 7 heteroatoms. The van der Waals surface area contributed by atoms with Crippen LogP contribution in [0.1, 0.15) is 43.0 Å². The molecule has 7 nitrogen and oxygen atoms in total. The zero-order valence-corrected chi connectivity index (χ0v) is 20.3. The molecule has 186 valence electrons. The third-order valence-electron chi connectivity index (χ3n) is 6.59. The molecule has 3 aromatic rings. The molecule has 0 saturated carbocycles. The van der Waals surface area contributed by atoms with Gasteiger partial charge in [0.25, 0.3) is 5.54 Å². The number of carbonyl (C=O) groups excluding carboxylic acids is 3. The molecule has 1 aliphatic rings. The van der Waals surface area contributed by atoms with Gasteiger partial charge in [-0.3, -0.25) is 4.79 Å². The minimum atomic E-state index is -2.40. The molecule has 36 heavy (non-hydrogen) atoms. The zero-order valence-electron chi connectivity index (χ0n) is 20.3. The van der Waals surface area contributed by atoms with Gasteiger partial charge in [-0.05, 0) is 30.5 Å². The van der Waals surface area contributed by atoms with E-state index in [1.807, 2.05) is 18.2 Å². The smallest absolute Gasteiger partial charge is 0.347 e. The average molecular weight is 488 g/mol. The number of hydrogen-bond acceptors (Lipinski definition) is 6. The summed E-state index contributed by atoms with van der Waals surface area (Å²) in [6.45, 7) is 2.74. The summed E-state index contributed by atoms with van der Waals surface area (Å²) in [5.74, 6) is -2.63. The van der Waals surface area contributed by atoms with Gasteiger partial charge in [0, 0.05) is 0 Å².